The van der Waals surface area contributed by atoms with Gasteiger partial charge in [-0.25, -0.2) is 4.79 Å². The van der Waals surface area contributed by atoms with E-state index in [1.807, 2.05) is 25.1 Å². The van der Waals surface area contributed by atoms with Gasteiger partial charge in [0, 0.05) is 5.69 Å². The fourth-order valence-electron chi connectivity index (χ4n) is 2.49. The van der Waals surface area contributed by atoms with Gasteiger partial charge in [0.15, 0.2) is 6.61 Å². The van der Waals surface area contributed by atoms with Gasteiger partial charge >= 0.3 is 5.97 Å². The number of carbonyl (C=O) groups excluding carboxylic acids is 2. The van der Waals surface area contributed by atoms with E-state index >= 15 is 0 Å². The van der Waals surface area contributed by atoms with Gasteiger partial charge in [-0.05, 0) is 61.0 Å². The van der Waals surface area contributed by atoms with Crippen molar-refractivity contribution in [2.45, 2.75) is 6.92 Å². The number of hydrogen-bond donors (Lipinski definition) is 2. The molecule has 146 valence electrons. The van der Waals surface area contributed by atoms with E-state index in [0.29, 0.717) is 17.1 Å². The minimum Gasteiger partial charge on any atom is -0.508 e. The Morgan fingerprint density at radius 1 is 0.966 bits per heavy atom. The number of nitrogens with zero attached hydrogens (tertiary/aromatic N) is 2. The Bertz CT molecular complexity index is 1050. The van der Waals surface area contributed by atoms with Crippen molar-refractivity contribution in [3.8, 4) is 5.75 Å². The van der Waals surface area contributed by atoms with E-state index in [-0.39, 0.29) is 11.3 Å². The summed E-state index contributed by atoms with van der Waals surface area (Å²) in [5.41, 5.74) is 2.66. The SMILES string of the molecule is Cc1cccc(NC(=O)COC(=O)c2ccccc2N=Nc2ccc(O)cc2)c1. The van der Waals surface area contributed by atoms with Gasteiger partial charge in [0.1, 0.15) is 11.4 Å². The van der Waals surface area contributed by atoms with Crippen LogP contribution in [0.5, 0.6) is 5.75 Å². The van der Waals surface area contributed by atoms with E-state index in [1.54, 1.807) is 42.5 Å². The minimum absolute atomic E-state index is 0.122. The summed E-state index contributed by atoms with van der Waals surface area (Å²) >= 11 is 0. The highest BCUT2D eigenvalue weighted by Crippen LogP contribution is 2.24. The molecule has 0 unspecified atom stereocenters. The smallest absolute Gasteiger partial charge is 0.340 e. The molecule has 29 heavy (non-hydrogen) atoms. The molecule has 0 radical (unpaired) electrons. The summed E-state index contributed by atoms with van der Waals surface area (Å²) in [4.78, 5) is 24.4. The lowest BCUT2D eigenvalue weighted by atomic mass is 10.2. The molecule has 0 fully saturated rings. The normalized spacial score (nSPS) is 10.7. The molecular weight excluding hydrogens is 370 g/mol. The Morgan fingerprint density at radius 2 is 1.72 bits per heavy atom. The van der Waals surface area contributed by atoms with Gasteiger partial charge in [-0.15, -0.1) is 5.11 Å². The van der Waals surface area contributed by atoms with E-state index < -0.39 is 18.5 Å². The van der Waals surface area contributed by atoms with Gasteiger partial charge in [0.2, 0.25) is 0 Å². The van der Waals surface area contributed by atoms with Crippen LogP contribution in [0.3, 0.4) is 0 Å². The third kappa shape index (κ3) is 5.74. The standard InChI is InChI=1S/C22H19N3O4/c1-15-5-4-6-17(13-15)23-21(27)14-29-22(28)19-7-2-3-8-20(19)25-24-16-9-11-18(26)12-10-16/h2-13,26H,14H2,1H3,(H,23,27). The first-order chi connectivity index (χ1) is 14.0. The number of esters is 1. The molecule has 0 saturated carbocycles. The Morgan fingerprint density at radius 3 is 2.48 bits per heavy atom. The summed E-state index contributed by atoms with van der Waals surface area (Å²) in [7, 11) is 0. The van der Waals surface area contributed by atoms with Gasteiger partial charge in [-0.1, -0.05) is 24.3 Å². The van der Waals surface area contributed by atoms with Gasteiger partial charge < -0.3 is 15.2 Å². The molecule has 0 spiro atoms. The molecule has 0 aliphatic heterocycles. The van der Waals surface area contributed by atoms with Crippen molar-refractivity contribution in [1.82, 2.24) is 0 Å². The molecule has 0 bridgehead atoms. The third-order valence-corrected chi connectivity index (χ3v) is 3.88. The van der Waals surface area contributed by atoms with Crippen LogP contribution in [-0.4, -0.2) is 23.6 Å². The second-order valence-corrected chi connectivity index (χ2v) is 6.23. The number of rotatable bonds is 6. The number of amides is 1. The molecule has 0 aliphatic carbocycles. The molecule has 0 saturated heterocycles. The first kappa shape index (κ1) is 19.8. The molecule has 3 rings (SSSR count). The number of azo groups is 1. The average Bonchev–Trinajstić information content (AvgIpc) is 2.72. The maximum Gasteiger partial charge on any atom is 0.340 e. The summed E-state index contributed by atoms with van der Waals surface area (Å²) in [5, 5.41) is 20.1. The summed E-state index contributed by atoms with van der Waals surface area (Å²) in [6, 6.07) is 20.0. The number of nitrogens with one attached hydrogen (secondary N) is 1. The van der Waals surface area contributed by atoms with Crippen molar-refractivity contribution < 1.29 is 19.4 Å². The number of anilines is 1. The number of hydrogen-bond acceptors (Lipinski definition) is 6. The summed E-state index contributed by atoms with van der Waals surface area (Å²) in [5.74, 6) is -0.992. The number of carbonyl (C=O) groups is 2. The molecule has 1 amide bonds. The highest BCUT2D eigenvalue weighted by Gasteiger charge is 2.14. The fourth-order valence-corrected chi connectivity index (χ4v) is 2.49. The molecule has 0 heterocycles. The van der Waals surface area contributed by atoms with Crippen molar-refractivity contribution in [1.29, 1.82) is 0 Å². The fraction of sp³-hybridized carbons (Fsp3) is 0.0909. The second kappa shape index (κ2) is 9.27. The largest absolute Gasteiger partial charge is 0.508 e. The van der Waals surface area contributed by atoms with Gasteiger partial charge in [0.05, 0.1) is 11.3 Å². The molecule has 0 aliphatic rings. The lowest BCUT2D eigenvalue weighted by Gasteiger charge is -2.08. The predicted octanol–water partition coefficient (Wildman–Crippen LogP) is 4.91. The minimum atomic E-state index is -0.676. The molecule has 7 nitrogen and oxygen atoms in total. The second-order valence-electron chi connectivity index (χ2n) is 6.23. The monoisotopic (exact) mass is 389 g/mol. The predicted molar refractivity (Wildman–Crippen MR) is 109 cm³/mol. The molecule has 2 N–H and O–H groups in total. The highest BCUT2D eigenvalue weighted by atomic mass is 16.5. The zero-order valence-electron chi connectivity index (χ0n) is 15.7. The topological polar surface area (TPSA) is 100 Å². The first-order valence-electron chi connectivity index (χ1n) is 8.85. The quantitative estimate of drug-likeness (QED) is 0.462. The van der Waals surface area contributed by atoms with Crippen molar-refractivity contribution in [2.24, 2.45) is 10.2 Å². The van der Waals surface area contributed by atoms with E-state index in [9.17, 15) is 14.7 Å². The Hall–Kier alpha value is -4.00. The zero-order chi connectivity index (χ0) is 20.6. The zero-order valence-corrected chi connectivity index (χ0v) is 15.7. The average molecular weight is 389 g/mol. The maximum absolute atomic E-state index is 12.4. The van der Waals surface area contributed by atoms with Gasteiger partial charge in [-0.3, -0.25) is 4.79 Å². The molecule has 3 aromatic rings. The molecular formula is C22H19N3O4. The van der Waals surface area contributed by atoms with Gasteiger partial charge in [-0.2, -0.15) is 5.11 Å². The van der Waals surface area contributed by atoms with Crippen LogP contribution in [0.25, 0.3) is 0 Å². The van der Waals surface area contributed by atoms with Crippen molar-refractivity contribution in [3.63, 3.8) is 0 Å². The van der Waals surface area contributed by atoms with Crippen LogP contribution in [0.2, 0.25) is 0 Å². The van der Waals surface area contributed by atoms with Crippen LogP contribution in [0, 0.1) is 6.92 Å². The Labute approximate surface area is 167 Å². The van der Waals surface area contributed by atoms with Crippen LogP contribution in [-0.2, 0) is 9.53 Å². The summed E-state index contributed by atoms with van der Waals surface area (Å²) in [6.07, 6.45) is 0. The van der Waals surface area contributed by atoms with Crippen LogP contribution in [0.15, 0.2) is 83.0 Å². The van der Waals surface area contributed by atoms with E-state index in [4.69, 9.17) is 4.74 Å². The number of aryl methyl sites for hydroxylation is 1. The first-order valence-corrected chi connectivity index (χ1v) is 8.85. The lowest BCUT2D eigenvalue weighted by Crippen LogP contribution is -2.21. The number of phenolic OH excluding ortho intramolecular Hbond substituents is 1. The van der Waals surface area contributed by atoms with Crippen LogP contribution >= 0.6 is 0 Å². The van der Waals surface area contributed by atoms with Crippen LogP contribution < -0.4 is 5.32 Å². The number of benzene rings is 3. The third-order valence-electron chi connectivity index (χ3n) is 3.88. The summed E-state index contributed by atoms with van der Waals surface area (Å²) < 4.78 is 5.12. The number of phenols is 1. The van der Waals surface area contributed by atoms with E-state index in [1.165, 1.54) is 12.1 Å². The Kier molecular flexibility index (Phi) is 6.32. The van der Waals surface area contributed by atoms with Crippen LogP contribution in [0.4, 0.5) is 17.1 Å². The molecule has 0 atom stereocenters. The van der Waals surface area contributed by atoms with Crippen molar-refractivity contribution in [3.05, 3.63) is 83.9 Å². The molecule has 0 aromatic heterocycles. The number of ether oxygens (including phenoxy) is 1. The van der Waals surface area contributed by atoms with E-state index in [0.717, 1.165) is 5.56 Å². The van der Waals surface area contributed by atoms with Crippen molar-refractivity contribution in [2.75, 3.05) is 11.9 Å². The van der Waals surface area contributed by atoms with Crippen molar-refractivity contribution >= 4 is 28.9 Å². The lowest BCUT2D eigenvalue weighted by molar-refractivity contribution is -0.119. The van der Waals surface area contributed by atoms with E-state index in [2.05, 4.69) is 15.5 Å². The molecule has 3 aromatic carbocycles. The summed E-state index contributed by atoms with van der Waals surface area (Å²) in [6.45, 7) is 1.50. The Balaban J connectivity index is 1.63. The molecule has 7 heteroatoms. The number of aromatic hydroxyl groups is 1. The maximum atomic E-state index is 12.4. The van der Waals surface area contributed by atoms with Crippen LogP contribution in [0.1, 0.15) is 15.9 Å². The highest BCUT2D eigenvalue weighted by molar-refractivity contribution is 5.98. The van der Waals surface area contributed by atoms with Gasteiger partial charge in [0.25, 0.3) is 5.91 Å².